The molecule has 0 aromatic heterocycles. The lowest BCUT2D eigenvalue weighted by Gasteiger charge is -2.37. The number of carbonyl (C=O) groups excluding carboxylic acids is 7. The van der Waals surface area contributed by atoms with Crippen molar-refractivity contribution in [3.8, 4) is 11.5 Å². The second-order valence-electron chi connectivity index (χ2n) is 31.1. The van der Waals surface area contributed by atoms with Crippen LogP contribution in [0.4, 0.5) is 10.1 Å². The van der Waals surface area contributed by atoms with Crippen molar-refractivity contribution in [2.45, 2.75) is 138 Å². The van der Waals surface area contributed by atoms with Crippen LogP contribution in [0.25, 0.3) is 0 Å². The van der Waals surface area contributed by atoms with Crippen LogP contribution in [-0.4, -0.2) is 107 Å². The fourth-order valence-electron chi connectivity index (χ4n) is 15.4. The summed E-state index contributed by atoms with van der Waals surface area (Å²) in [5.41, 5.74) is 1.29. The number of nitrogens with zero attached hydrogens (tertiary/aromatic N) is 1. The van der Waals surface area contributed by atoms with Gasteiger partial charge in [0, 0.05) is 25.0 Å². The smallest absolute Gasteiger partial charge is 0.326 e. The number of carbonyl (C=O) groups is 8. The van der Waals surface area contributed by atoms with Gasteiger partial charge in [0.1, 0.15) is 64.2 Å². The Balaban J connectivity index is 0.954. The van der Waals surface area contributed by atoms with Crippen molar-refractivity contribution in [3.05, 3.63) is 387 Å². The molecule has 628 valence electrons. The number of carboxylic acid groups (broad SMARTS) is 1. The van der Waals surface area contributed by atoms with Crippen LogP contribution in [0.15, 0.2) is 309 Å². The average molecular weight is 1640 g/mol. The predicted octanol–water partition coefficient (Wildman–Crippen LogP) is 14.5. The molecule has 0 heterocycles. The zero-order chi connectivity index (χ0) is 86.8. The number of halogens is 1. The van der Waals surface area contributed by atoms with Crippen LogP contribution in [-0.2, 0) is 56.6 Å². The summed E-state index contributed by atoms with van der Waals surface area (Å²) < 4.78 is 27.2. The first kappa shape index (κ1) is 88.9. The van der Waals surface area contributed by atoms with Crippen LogP contribution < -0.4 is 52.0 Å². The second-order valence-corrected chi connectivity index (χ2v) is 31.1. The van der Waals surface area contributed by atoms with Crippen molar-refractivity contribution in [1.82, 2.24) is 42.5 Å². The van der Waals surface area contributed by atoms with E-state index >= 15 is 33.2 Å². The quantitative estimate of drug-likeness (QED) is 0.00747. The molecule has 0 aliphatic rings. The Kier molecular flexibility index (Phi) is 30.3. The minimum absolute atomic E-state index is 0.136. The van der Waals surface area contributed by atoms with E-state index in [9.17, 15) is 24.8 Å². The summed E-state index contributed by atoms with van der Waals surface area (Å²) in [6, 6.07) is 83.0. The van der Waals surface area contributed by atoms with Crippen LogP contribution in [0.5, 0.6) is 11.5 Å². The Morgan fingerprint density at radius 2 is 0.836 bits per heavy atom. The molecule has 0 aliphatic heterocycles. The molecule has 0 aliphatic carbocycles. The van der Waals surface area contributed by atoms with Gasteiger partial charge in [-0.25, -0.2) is 9.18 Å². The second kappa shape index (κ2) is 41.6. The molecular weight excluding hydrogens is 1540 g/mol. The summed E-state index contributed by atoms with van der Waals surface area (Å²) in [5.74, 6) is -9.05. The maximum Gasteiger partial charge on any atom is 0.326 e. The van der Waals surface area contributed by atoms with Gasteiger partial charge in [0.05, 0.1) is 29.6 Å². The number of hydrogen-bond acceptors (Lipinski definition) is 13. The van der Waals surface area contributed by atoms with Gasteiger partial charge in [-0.3, -0.25) is 49.0 Å². The van der Waals surface area contributed by atoms with E-state index in [2.05, 4.69) is 42.5 Å². The van der Waals surface area contributed by atoms with Crippen molar-refractivity contribution in [2.24, 2.45) is 5.92 Å². The number of non-ortho nitro benzene ring substituents is 1. The van der Waals surface area contributed by atoms with E-state index in [0.29, 0.717) is 63.4 Å². The first-order chi connectivity index (χ1) is 58.8. The SMILES string of the molecule is CC[C@H](C)[C@H](NC(=O)[C@H](Cc1ccc(OC(C)(C)C)cc1)NC(=O)c1cc([N+](=O)[O-])ccc1F)C(=O)N[C@@H](CCC(=O)NC(c1ccccc1)(c1ccccc1)c1ccccc1)C(=O)N[C@@H](CC(=O)NC(c1ccccc1)(c1ccccc1)c1ccccc1)C(=O)N[C@@H](CCCCNC(c1ccccc1)(c1ccccc1)c1ccc(OC)cc1)C(=O)O. The number of benzene rings is 11. The third-order valence-electron chi connectivity index (χ3n) is 21.7. The van der Waals surface area contributed by atoms with Crippen LogP contribution in [0.2, 0.25) is 0 Å². The summed E-state index contributed by atoms with van der Waals surface area (Å²) in [6.45, 7) is 9.29. The lowest BCUT2D eigenvalue weighted by atomic mass is 9.77. The molecule has 0 unspecified atom stereocenters. The molecule has 0 saturated carbocycles. The van der Waals surface area contributed by atoms with Gasteiger partial charge in [-0.05, 0) is 145 Å². The maximum atomic E-state index is 16.1. The van der Waals surface area contributed by atoms with E-state index in [0.717, 1.165) is 34.9 Å². The molecule has 11 aromatic carbocycles. The number of nitrogens with one attached hydrogen (secondary N) is 8. The topological polar surface area (TPSA) is 315 Å². The minimum Gasteiger partial charge on any atom is -0.497 e. The fraction of sp³-hybridized carbons (Fsp3) is 0.253. The summed E-state index contributed by atoms with van der Waals surface area (Å²) in [4.78, 5) is 133. The molecular formula is C99H102FN9O13. The molecule has 0 fully saturated rings. The standard InChI is InChI=1S/C99H102FN9O13/c1-7-67(2)89(106-93(115)85(64-68-51-56-80(57-52-68)122-96(3,4)5)104-90(112)81-65-78(109(119)120)55-60-82(81)100)94(116)102-83(61-62-87(110)107-98(71-38-20-10-21-39-71,72-40-22-11-23-41-72)73-42-24-12-25-43-73)91(113)105-86(66-88(111)108-99(74-44-26-13-27-45-74,75-46-28-14-29-47-75)76-48-30-15-31-49-76)92(114)103-84(95(117)118)50-32-33-63-101-97(69-34-16-8-17-35-69,70-36-18-9-19-37-70)77-53-58-79(121-6)59-54-77/h8-31,34-49,51-60,65,67,83-86,89,101H,7,32-33,50,61-64,66H2,1-6H3,(H,102,116)(H,103,114)(H,104,112)(H,105,113)(H,106,115)(H,107,110)(H,108,111)(H,117,118)/t67-,83-,84-,85-,86-,89-/m0/s1. The van der Waals surface area contributed by atoms with Gasteiger partial charge >= 0.3 is 5.97 Å². The summed E-state index contributed by atoms with van der Waals surface area (Å²) >= 11 is 0. The first-order valence-corrected chi connectivity index (χ1v) is 40.8. The van der Waals surface area contributed by atoms with Crippen molar-refractivity contribution < 1.29 is 62.3 Å². The normalized spacial score (nSPS) is 13.0. The molecule has 22 nitrogen and oxygen atoms in total. The van der Waals surface area contributed by atoms with Gasteiger partial charge in [0.2, 0.25) is 35.4 Å². The number of rotatable bonds is 40. The van der Waals surface area contributed by atoms with E-state index in [1.54, 1.807) is 45.2 Å². The van der Waals surface area contributed by atoms with Gasteiger partial charge in [0.15, 0.2) is 0 Å². The predicted molar refractivity (Wildman–Crippen MR) is 466 cm³/mol. The summed E-state index contributed by atoms with van der Waals surface area (Å²) in [6.07, 6.45) is -1.51. The molecule has 11 rings (SSSR count). The van der Waals surface area contributed by atoms with Crippen LogP contribution in [0.1, 0.15) is 146 Å². The van der Waals surface area contributed by atoms with Crippen molar-refractivity contribution >= 4 is 53.0 Å². The Hall–Kier alpha value is -13.9. The van der Waals surface area contributed by atoms with E-state index < -0.39 is 147 Å². The van der Waals surface area contributed by atoms with E-state index in [1.807, 2.05) is 288 Å². The Morgan fingerprint density at radius 1 is 0.443 bits per heavy atom. The highest BCUT2D eigenvalue weighted by Gasteiger charge is 2.43. The average Bonchev–Trinajstić information content (AvgIpc) is 0.779. The third kappa shape index (κ3) is 22.1. The van der Waals surface area contributed by atoms with Crippen LogP contribution >= 0.6 is 0 Å². The number of carboxylic acids is 1. The number of aliphatic carboxylic acids is 1. The molecule has 0 saturated heterocycles. The van der Waals surface area contributed by atoms with Gasteiger partial charge in [-0.2, -0.15) is 0 Å². The van der Waals surface area contributed by atoms with Gasteiger partial charge in [-0.15, -0.1) is 0 Å². The van der Waals surface area contributed by atoms with Crippen molar-refractivity contribution in [2.75, 3.05) is 13.7 Å². The highest BCUT2D eigenvalue weighted by molar-refractivity contribution is 6.00. The molecule has 11 aromatic rings. The van der Waals surface area contributed by atoms with Gasteiger partial charge in [-0.1, -0.05) is 287 Å². The van der Waals surface area contributed by atoms with Gasteiger partial charge in [0.25, 0.3) is 11.6 Å². The van der Waals surface area contributed by atoms with Gasteiger partial charge < -0.3 is 51.8 Å². The number of unbranched alkanes of at least 4 members (excludes halogenated alkanes) is 1. The molecule has 0 radical (unpaired) electrons. The highest BCUT2D eigenvalue weighted by Crippen LogP contribution is 2.41. The summed E-state index contributed by atoms with van der Waals surface area (Å²) in [5, 5.41) is 47.0. The largest absolute Gasteiger partial charge is 0.497 e. The first-order valence-electron chi connectivity index (χ1n) is 40.8. The Bertz CT molecular complexity index is 5100. The third-order valence-corrected chi connectivity index (χ3v) is 21.7. The van der Waals surface area contributed by atoms with Crippen LogP contribution in [0, 0.1) is 21.8 Å². The van der Waals surface area contributed by atoms with E-state index in [4.69, 9.17) is 9.47 Å². The number of nitro benzene ring substituents is 1. The monoisotopic (exact) mass is 1640 g/mol. The zero-order valence-electron chi connectivity index (χ0n) is 68.9. The van der Waals surface area contributed by atoms with E-state index in [-0.39, 0.29) is 25.7 Å². The molecule has 23 heteroatoms. The minimum atomic E-state index is -1.94. The van der Waals surface area contributed by atoms with E-state index in [1.165, 1.54) is 0 Å². The molecule has 7 amide bonds. The van der Waals surface area contributed by atoms with Crippen molar-refractivity contribution in [3.63, 3.8) is 0 Å². The Morgan fingerprint density at radius 3 is 1.25 bits per heavy atom. The molecule has 6 atom stereocenters. The highest BCUT2D eigenvalue weighted by atomic mass is 19.1. The lowest BCUT2D eigenvalue weighted by Crippen LogP contribution is -2.61. The molecule has 0 bridgehead atoms. The molecule has 122 heavy (non-hydrogen) atoms. The van der Waals surface area contributed by atoms with Crippen molar-refractivity contribution in [1.29, 1.82) is 0 Å². The van der Waals surface area contributed by atoms with Crippen LogP contribution in [0.3, 0.4) is 0 Å². The Labute approximate surface area is 710 Å². The number of hydrogen-bond donors (Lipinski definition) is 9. The number of nitro groups is 1. The molecule has 9 N–H and O–H groups in total. The summed E-state index contributed by atoms with van der Waals surface area (Å²) in [7, 11) is 1.59. The number of ether oxygens (including phenoxy) is 2. The molecule has 0 spiro atoms. The number of methoxy groups -OCH3 is 1. The maximum absolute atomic E-state index is 16.1. The zero-order valence-corrected chi connectivity index (χ0v) is 68.9. The fourth-order valence-corrected chi connectivity index (χ4v) is 15.4. The lowest BCUT2D eigenvalue weighted by molar-refractivity contribution is -0.384. The number of amides is 7.